The van der Waals surface area contributed by atoms with E-state index >= 15 is 0 Å². The lowest BCUT2D eigenvalue weighted by Gasteiger charge is -2.26. The van der Waals surface area contributed by atoms with Gasteiger partial charge in [-0.2, -0.15) is 0 Å². The van der Waals surface area contributed by atoms with Crippen molar-refractivity contribution in [1.82, 2.24) is 5.32 Å². The third kappa shape index (κ3) is 4.64. The van der Waals surface area contributed by atoms with E-state index < -0.39 is 12.0 Å². The minimum Gasteiger partial charge on any atom is -0.480 e. The van der Waals surface area contributed by atoms with Gasteiger partial charge < -0.3 is 16.2 Å². The Morgan fingerprint density at radius 2 is 1.94 bits per heavy atom. The summed E-state index contributed by atoms with van der Waals surface area (Å²) in [5, 5.41) is 11.7. The quantitative estimate of drug-likeness (QED) is 0.667. The number of rotatable bonds is 6. The first-order chi connectivity index (χ1) is 8.54. The summed E-state index contributed by atoms with van der Waals surface area (Å²) in [5.74, 6) is -1.12. The molecule has 1 aliphatic rings. The maximum Gasteiger partial charge on any atom is 0.326 e. The summed E-state index contributed by atoms with van der Waals surface area (Å²) in [5.41, 5.74) is 5.79. The Morgan fingerprint density at radius 1 is 1.33 bits per heavy atom. The lowest BCUT2D eigenvalue weighted by molar-refractivity contribution is -0.142. The van der Waals surface area contributed by atoms with E-state index in [0.717, 1.165) is 38.5 Å². The molecule has 1 aliphatic carbocycles. The Bertz CT molecular complexity index is 286. The number of nitrogens with one attached hydrogen (secondary N) is 1. The van der Waals surface area contributed by atoms with Crippen molar-refractivity contribution < 1.29 is 14.7 Å². The molecule has 0 heterocycles. The smallest absolute Gasteiger partial charge is 0.326 e. The van der Waals surface area contributed by atoms with Gasteiger partial charge in [-0.1, -0.05) is 19.8 Å². The van der Waals surface area contributed by atoms with Crippen molar-refractivity contribution in [1.29, 1.82) is 0 Å². The van der Waals surface area contributed by atoms with E-state index in [1.165, 1.54) is 0 Å². The molecule has 0 aromatic carbocycles. The first kappa shape index (κ1) is 15.0. The Kier molecular flexibility index (Phi) is 6.12. The number of carbonyl (C=O) groups is 2. The van der Waals surface area contributed by atoms with Gasteiger partial charge in [0.15, 0.2) is 0 Å². The fourth-order valence-electron chi connectivity index (χ4n) is 2.34. The molecule has 0 aromatic rings. The number of amides is 1. The van der Waals surface area contributed by atoms with Gasteiger partial charge in [0.25, 0.3) is 0 Å². The first-order valence-electron chi connectivity index (χ1n) is 6.83. The van der Waals surface area contributed by atoms with E-state index in [0.29, 0.717) is 6.42 Å². The van der Waals surface area contributed by atoms with E-state index in [4.69, 9.17) is 10.8 Å². The standard InChI is InChI=1S/C13H24N2O3/c1-2-3-4-11(13(17)18)15-12(16)9-5-7-10(14)8-6-9/h9-11H,2-8,14H2,1H3,(H,15,16)(H,17,18). The predicted molar refractivity (Wildman–Crippen MR) is 69.0 cm³/mol. The van der Waals surface area contributed by atoms with Crippen molar-refractivity contribution >= 4 is 11.9 Å². The summed E-state index contributed by atoms with van der Waals surface area (Å²) in [6.45, 7) is 2.00. The number of nitrogens with two attached hydrogens (primary N) is 1. The van der Waals surface area contributed by atoms with Gasteiger partial charge in [0.2, 0.25) is 5.91 Å². The van der Waals surface area contributed by atoms with Gasteiger partial charge in [0, 0.05) is 12.0 Å². The van der Waals surface area contributed by atoms with Crippen LogP contribution in [0.25, 0.3) is 0 Å². The van der Waals surface area contributed by atoms with E-state index in [1.54, 1.807) is 0 Å². The summed E-state index contributed by atoms with van der Waals surface area (Å²) in [6, 6.07) is -0.544. The SMILES string of the molecule is CCCCC(NC(=O)C1CCC(N)CC1)C(=O)O. The van der Waals surface area contributed by atoms with Crippen LogP contribution in [0, 0.1) is 5.92 Å². The van der Waals surface area contributed by atoms with Crippen LogP contribution >= 0.6 is 0 Å². The summed E-state index contributed by atoms with van der Waals surface area (Å²) < 4.78 is 0. The molecule has 0 aliphatic heterocycles. The second-order valence-electron chi connectivity index (χ2n) is 5.15. The maximum atomic E-state index is 12.0. The predicted octanol–water partition coefficient (Wildman–Crippen LogP) is 1.26. The zero-order valence-corrected chi connectivity index (χ0v) is 11.0. The largest absolute Gasteiger partial charge is 0.480 e. The van der Waals surface area contributed by atoms with Crippen molar-refractivity contribution in [3.8, 4) is 0 Å². The monoisotopic (exact) mass is 256 g/mol. The average Bonchev–Trinajstić information content (AvgIpc) is 2.34. The number of carbonyl (C=O) groups excluding carboxylic acids is 1. The highest BCUT2D eigenvalue weighted by Gasteiger charge is 2.27. The van der Waals surface area contributed by atoms with Crippen molar-refractivity contribution in [2.45, 2.75) is 64.0 Å². The fraction of sp³-hybridized carbons (Fsp3) is 0.846. The molecule has 0 bridgehead atoms. The van der Waals surface area contributed by atoms with Crippen molar-refractivity contribution in [3.63, 3.8) is 0 Å². The lowest BCUT2D eigenvalue weighted by atomic mass is 9.85. The van der Waals surface area contributed by atoms with Gasteiger partial charge in [-0.05, 0) is 32.1 Å². The molecule has 5 nitrogen and oxygen atoms in total. The van der Waals surface area contributed by atoms with Gasteiger partial charge in [0.1, 0.15) is 6.04 Å². The van der Waals surface area contributed by atoms with Crippen LogP contribution in [0.2, 0.25) is 0 Å². The van der Waals surface area contributed by atoms with Gasteiger partial charge in [-0.3, -0.25) is 4.79 Å². The molecule has 104 valence electrons. The lowest BCUT2D eigenvalue weighted by Crippen LogP contribution is -2.45. The summed E-state index contributed by atoms with van der Waals surface area (Å²) in [6.07, 6.45) is 5.49. The van der Waals surface area contributed by atoms with E-state index in [9.17, 15) is 9.59 Å². The van der Waals surface area contributed by atoms with Gasteiger partial charge >= 0.3 is 5.97 Å². The fourth-order valence-corrected chi connectivity index (χ4v) is 2.34. The third-order valence-corrected chi connectivity index (χ3v) is 3.60. The van der Waals surface area contributed by atoms with Crippen molar-refractivity contribution in [2.75, 3.05) is 0 Å². The molecule has 1 unspecified atom stereocenters. The van der Waals surface area contributed by atoms with Crippen LogP contribution < -0.4 is 11.1 Å². The summed E-state index contributed by atoms with van der Waals surface area (Å²) >= 11 is 0. The van der Waals surface area contributed by atoms with Crippen molar-refractivity contribution in [2.24, 2.45) is 11.7 Å². The summed E-state index contributed by atoms with van der Waals surface area (Å²) in [4.78, 5) is 23.0. The number of aliphatic carboxylic acids is 1. The zero-order chi connectivity index (χ0) is 13.5. The van der Waals surface area contributed by atoms with Crippen LogP contribution in [0.3, 0.4) is 0 Å². The molecule has 0 radical (unpaired) electrons. The Balaban J connectivity index is 2.42. The second-order valence-corrected chi connectivity index (χ2v) is 5.15. The van der Waals surface area contributed by atoms with Crippen molar-refractivity contribution in [3.05, 3.63) is 0 Å². The minimum atomic E-state index is -0.940. The first-order valence-corrected chi connectivity index (χ1v) is 6.83. The minimum absolute atomic E-state index is 0.0618. The maximum absolute atomic E-state index is 12.0. The third-order valence-electron chi connectivity index (χ3n) is 3.60. The highest BCUT2D eigenvalue weighted by molar-refractivity contribution is 5.84. The molecule has 18 heavy (non-hydrogen) atoms. The van der Waals surface area contributed by atoms with Crippen LogP contribution in [0.5, 0.6) is 0 Å². The molecule has 5 heteroatoms. The molecule has 1 amide bonds. The van der Waals surface area contributed by atoms with Crippen LogP contribution in [0.1, 0.15) is 51.9 Å². The topological polar surface area (TPSA) is 92.4 Å². The molecule has 4 N–H and O–H groups in total. The molecule has 1 saturated carbocycles. The molecule has 1 fully saturated rings. The van der Waals surface area contributed by atoms with Gasteiger partial charge in [0.05, 0.1) is 0 Å². The number of hydrogen-bond donors (Lipinski definition) is 3. The molecule has 0 saturated heterocycles. The number of unbranched alkanes of at least 4 members (excludes halogenated alkanes) is 1. The summed E-state index contributed by atoms with van der Waals surface area (Å²) in [7, 11) is 0. The second kappa shape index (κ2) is 7.36. The van der Waals surface area contributed by atoms with Crippen LogP contribution in [-0.2, 0) is 9.59 Å². The zero-order valence-electron chi connectivity index (χ0n) is 11.0. The molecule has 1 atom stereocenters. The van der Waals surface area contributed by atoms with E-state index in [-0.39, 0.29) is 17.9 Å². The Morgan fingerprint density at radius 3 is 2.44 bits per heavy atom. The van der Waals surface area contributed by atoms with Crippen LogP contribution in [0.4, 0.5) is 0 Å². The van der Waals surface area contributed by atoms with Gasteiger partial charge in [-0.25, -0.2) is 4.79 Å². The van der Waals surface area contributed by atoms with Crippen LogP contribution in [0.15, 0.2) is 0 Å². The number of carboxylic acids is 1. The molecule has 0 aromatic heterocycles. The van der Waals surface area contributed by atoms with E-state index in [2.05, 4.69) is 5.32 Å². The highest BCUT2D eigenvalue weighted by atomic mass is 16.4. The van der Waals surface area contributed by atoms with Gasteiger partial charge in [-0.15, -0.1) is 0 Å². The Hall–Kier alpha value is -1.10. The normalized spacial score (nSPS) is 25.4. The number of hydrogen-bond acceptors (Lipinski definition) is 3. The molecular formula is C13H24N2O3. The Labute approximate surface area is 108 Å². The number of carboxylic acid groups (broad SMARTS) is 1. The van der Waals surface area contributed by atoms with Crippen LogP contribution in [-0.4, -0.2) is 29.1 Å². The molecule has 0 spiro atoms. The van der Waals surface area contributed by atoms with E-state index in [1.807, 2.05) is 6.92 Å². The highest BCUT2D eigenvalue weighted by Crippen LogP contribution is 2.23. The molecule has 1 rings (SSSR count). The molecular weight excluding hydrogens is 232 g/mol. The average molecular weight is 256 g/mol.